The second-order valence-electron chi connectivity index (χ2n) is 6.55. The summed E-state index contributed by atoms with van der Waals surface area (Å²) in [6.45, 7) is 0.189. The van der Waals surface area contributed by atoms with Gasteiger partial charge in [0.15, 0.2) is 11.5 Å². The molecule has 0 fully saturated rings. The van der Waals surface area contributed by atoms with E-state index in [0.29, 0.717) is 49.3 Å². The Bertz CT molecular complexity index is 1450. The number of halogens is 1. The zero-order chi connectivity index (χ0) is 21.4. The molecule has 1 aliphatic heterocycles. The summed E-state index contributed by atoms with van der Waals surface area (Å²) in [6.07, 6.45) is 1.56. The molecule has 1 aliphatic rings. The lowest BCUT2D eigenvalue weighted by Crippen LogP contribution is -2.03. The van der Waals surface area contributed by atoms with Crippen molar-refractivity contribution in [2.45, 2.75) is 0 Å². The topological polar surface area (TPSA) is 97.4 Å². The minimum Gasteiger partial charge on any atom is -0.454 e. The van der Waals surface area contributed by atoms with Gasteiger partial charge >= 0.3 is 5.63 Å². The third-order valence-corrected chi connectivity index (χ3v) is 5.69. The standard InChI is InChI=1S/C22H12ClN3O4S/c23-14-1-3-18-12(5-14)6-16(22(27)30-18)17-10-31-21(26-17)13(8-24)9-25-15-2-4-19-20(7-15)29-11-28-19/h1-7,9-10,25H,11H2/b13-9+. The number of rotatable bonds is 4. The molecule has 0 bridgehead atoms. The predicted octanol–water partition coefficient (Wildman–Crippen LogP) is 5.28. The summed E-state index contributed by atoms with van der Waals surface area (Å²) in [5, 5.41) is 16.1. The van der Waals surface area contributed by atoms with E-state index in [1.54, 1.807) is 48.0 Å². The van der Waals surface area contributed by atoms with Crippen LogP contribution in [0.25, 0.3) is 27.8 Å². The van der Waals surface area contributed by atoms with E-state index in [4.69, 9.17) is 25.5 Å². The minimum absolute atomic E-state index is 0.189. The Morgan fingerprint density at radius 1 is 1.19 bits per heavy atom. The van der Waals surface area contributed by atoms with Crippen molar-refractivity contribution in [2.75, 3.05) is 12.1 Å². The molecule has 1 N–H and O–H groups in total. The molecule has 0 spiro atoms. The summed E-state index contributed by atoms with van der Waals surface area (Å²) in [7, 11) is 0. The van der Waals surface area contributed by atoms with Crippen LogP contribution in [0.5, 0.6) is 11.5 Å². The molecule has 3 heterocycles. The molecule has 4 aromatic rings. The van der Waals surface area contributed by atoms with Crippen molar-refractivity contribution in [1.29, 1.82) is 5.26 Å². The van der Waals surface area contributed by atoms with E-state index in [1.165, 1.54) is 11.3 Å². The Hall–Kier alpha value is -3.80. The van der Waals surface area contributed by atoms with E-state index in [1.807, 2.05) is 6.07 Å². The van der Waals surface area contributed by atoms with E-state index in [-0.39, 0.29) is 6.79 Å². The molecular formula is C22H12ClN3O4S. The van der Waals surface area contributed by atoms with Gasteiger partial charge in [0.05, 0.1) is 11.3 Å². The number of fused-ring (bicyclic) bond motifs is 2. The van der Waals surface area contributed by atoms with Crippen molar-refractivity contribution in [3.05, 3.63) is 74.5 Å². The number of nitrogens with one attached hydrogen (secondary N) is 1. The number of nitriles is 1. The smallest absolute Gasteiger partial charge is 0.345 e. The molecule has 2 aromatic carbocycles. The van der Waals surface area contributed by atoms with Gasteiger partial charge < -0.3 is 19.2 Å². The Kier molecular flexibility index (Phi) is 4.82. The number of anilines is 1. The Balaban J connectivity index is 1.44. The van der Waals surface area contributed by atoms with Gasteiger partial charge in [-0.2, -0.15) is 5.26 Å². The quantitative estimate of drug-likeness (QED) is 0.334. The first-order valence-corrected chi connectivity index (χ1v) is 10.3. The normalized spacial score (nSPS) is 12.7. The monoisotopic (exact) mass is 449 g/mol. The number of nitrogens with zero attached hydrogens (tertiary/aromatic N) is 2. The lowest BCUT2D eigenvalue weighted by molar-refractivity contribution is 0.174. The number of ether oxygens (including phenoxy) is 2. The van der Waals surface area contributed by atoms with Gasteiger partial charge in [0.25, 0.3) is 0 Å². The van der Waals surface area contributed by atoms with Crippen LogP contribution in [0, 0.1) is 11.3 Å². The Morgan fingerprint density at radius 2 is 2.06 bits per heavy atom. The van der Waals surface area contributed by atoms with Gasteiger partial charge in [-0.25, -0.2) is 9.78 Å². The highest BCUT2D eigenvalue weighted by atomic mass is 35.5. The van der Waals surface area contributed by atoms with Crippen LogP contribution < -0.4 is 20.4 Å². The number of aromatic nitrogens is 1. The van der Waals surface area contributed by atoms with Crippen LogP contribution in [-0.4, -0.2) is 11.8 Å². The van der Waals surface area contributed by atoms with Crippen molar-refractivity contribution >= 4 is 45.2 Å². The number of benzene rings is 2. The maximum absolute atomic E-state index is 12.4. The summed E-state index contributed by atoms with van der Waals surface area (Å²) in [5.74, 6) is 1.31. The summed E-state index contributed by atoms with van der Waals surface area (Å²) in [5.41, 5.74) is 1.73. The molecule has 31 heavy (non-hydrogen) atoms. The fourth-order valence-electron chi connectivity index (χ4n) is 3.08. The SMILES string of the molecule is N#C/C(=C\Nc1ccc2c(c1)OCO2)c1nc(-c2cc3cc(Cl)ccc3oc2=O)cs1. The van der Waals surface area contributed by atoms with Crippen LogP contribution in [-0.2, 0) is 0 Å². The highest BCUT2D eigenvalue weighted by Gasteiger charge is 2.15. The van der Waals surface area contributed by atoms with Crippen LogP contribution in [0.3, 0.4) is 0 Å². The van der Waals surface area contributed by atoms with Gasteiger partial charge in [0.1, 0.15) is 22.2 Å². The van der Waals surface area contributed by atoms with Crippen molar-refractivity contribution in [1.82, 2.24) is 4.98 Å². The Labute approximate surface area is 184 Å². The second kappa shape index (κ2) is 7.80. The molecule has 0 atom stereocenters. The molecule has 2 aromatic heterocycles. The van der Waals surface area contributed by atoms with Crippen molar-refractivity contribution in [3.63, 3.8) is 0 Å². The van der Waals surface area contributed by atoms with E-state index < -0.39 is 5.63 Å². The summed E-state index contributed by atoms with van der Waals surface area (Å²) in [6, 6.07) is 14.2. The van der Waals surface area contributed by atoms with Crippen LogP contribution in [0.1, 0.15) is 5.01 Å². The fourth-order valence-corrected chi connectivity index (χ4v) is 4.04. The van der Waals surface area contributed by atoms with E-state index in [0.717, 1.165) is 5.69 Å². The zero-order valence-electron chi connectivity index (χ0n) is 15.7. The average Bonchev–Trinajstić information content (AvgIpc) is 3.43. The largest absolute Gasteiger partial charge is 0.454 e. The van der Waals surface area contributed by atoms with Crippen molar-refractivity contribution < 1.29 is 13.9 Å². The summed E-state index contributed by atoms with van der Waals surface area (Å²) < 4.78 is 16.0. The van der Waals surface area contributed by atoms with Gasteiger partial charge in [-0.3, -0.25) is 0 Å². The maximum Gasteiger partial charge on any atom is 0.345 e. The molecule has 5 rings (SSSR count). The maximum atomic E-state index is 12.4. The molecule has 9 heteroatoms. The third-order valence-electron chi connectivity index (χ3n) is 4.58. The van der Waals surface area contributed by atoms with Crippen LogP contribution in [0.4, 0.5) is 5.69 Å². The van der Waals surface area contributed by atoms with Crippen LogP contribution in [0.2, 0.25) is 5.02 Å². The molecule has 0 radical (unpaired) electrons. The van der Waals surface area contributed by atoms with Gasteiger partial charge in [0.2, 0.25) is 6.79 Å². The lowest BCUT2D eigenvalue weighted by Gasteiger charge is -2.03. The third kappa shape index (κ3) is 3.72. The van der Waals surface area contributed by atoms with E-state index in [2.05, 4.69) is 16.4 Å². The molecule has 0 saturated heterocycles. The Morgan fingerprint density at radius 3 is 2.94 bits per heavy atom. The van der Waals surface area contributed by atoms with Crippen LogP contribution in [0.15, 0.2) is 63.3 Å². The molecule has 0 unspecified atom stereocenters. The van der Waals surface area contributed by atoms with Gasteiger partial charge in [-0.1, -0.05) is 11.6 Å². The highest BCUT2D eigenvalue weighted by Crippen LogP contribution is 2.34. The first kappa shape index (κ1) is 19.2. The number of allylic oxidation sites excluding steroid dienone is 1. The number of thiazole rings is 1. The first-order valence-electron chi connectivity index (χ1n) is 9.07. The van der Waals surface area contributed by atoms with Gasteiger partial charge in [-0.15, -0.1) is 11.3 Å². The molecule has 7 nitrogen and oxygen atoms in total. The average molecular weight is 450 g/mol. The lowest BCUT2D eigenvalue weighted by atomic mass is 10.1. The molecule has 0 saturated carbocycles. The molecular weight excluding hydrogens is 438 g/mol. The summed E-state index contributed by atoms with van der Waals surface area (Å²) in [4.78, 5) is 16.9. The number of hydrogen-bond acceptors (Lipinski definition) is 8. The molecule has 0 amide bonds. The highest BCUT2D eigenvalue weighted by molar-refractivity contribution is 7.11. The zero-order valence-corrected chi connectivity index (χ0v) is 17.3. The minimum atomic E-state index is -0.507. The van der Waals surface area contributed by atoms with Crippen LogP contribution >= 0.6 is 22.9 Å². The molecule has 0 aliphatic carbocycles. The van der Waals surface area contributed by atoms with E-state index >= 15 is 0 Å². The number of hydrogen-bond donors (Lipinski definition) is 1. The predicted molar refractivity (Wildman–Crippen MR) is 118 cm³/mol. The summed E-state index contributed by atoms with van der Waals surface area (Å²) >= 11 is 7.30. The van der Waals surface area contributed by atoms with Crippen molar-refractivity contribution in [3.8, 4) is 28.8 Å². The van der Waals surface area contributed by atoms with Crippen molar-refractivity contribution in [2.24, 2.45) is 0 Å². The first-order chi connectivity index (χ1) is 15.1. The molecule has 152 valence electrons. The second-order valence-corrected chi connectivity index (χ2v) is 7.84. The van der Waals surface area contributed by atoms with Gasteiger partial charge in [-0.05, 0) is 36.4 Å². The van der Waals surface area contributed by atoms with E-state index in [9.17, 15) is 10.1 Å². The van der Waals surface area contributed by atoms with Gasteiger partial charge in [0, 0.05) is 33.7 Å². The fraction of sp³-hybridized carbons (Fsp3) is 0.0455.